The van der Waals surface area contributed by atoms with Gasteiger partial charge in [-0.15, -0.1) is 0 Å². The normalized spacial score (nSPS) is 17.5. The molecule has 5 rings (SSSR count). The Hall–Kier alpha value is -3.46. The second-order valence-electron chi connectivity index (χ2n) is 9.11. The van der Waals surface area contributed by atoms with Crippen molar-refractivity contribution in [3.63, 3.8) is 0 Å². The van der Waals surface area contributed by atoms with Crippen LogP contribution in [0.3, 0.4) is 0 Å². The second kappa shape index (κ2) is 10.0. The van der Waals surface area contributed by atoms with Gasteiger partial charge >= 0.3 is 6.09 Å². The molecule has 2 N–H and O–H groups in total. The van der Waals surface area contributed by atoms with Crippen molar-refractivity contribution in [2.75, 3.05) is 31.1 Å². The van der Waals surface area contributed by atoms with Crippen molar-refractivity contribution in [1.82, 2.24) is 25.2 Å². The molecule has 182 valence electrons. The van der Waals surface area contributed by atoms with Gasteiger partial charge in [-0.1, -0.05) is 11.6 Å². The first-order chi connectivity index (χ1) is 17.0. The molecule has 0 aromatic carbocycles. The summed E-state index contributed by atoms with van der Waals surface area (Å²) in [5.74, 6) is 0.896. The molecule has 0 saturated carbocycles. The molecule has 0 unspecified atom stereocenters. The predicted molar refractivity (Wildman–Crippen MR) is 133 cm³/mol. The van der Waals surface area contributed by atoms with Crippen molar-refractivity contribution in [2.45, 2.75) is 31.7 Å². The fraction of sp³-hybridized carbons (Fsp3) is 0.400. The summed E-state index contributed by atoms with van der Waals surface area (Å²) in [5.41, 5.74) is 1.69. The number of pyridine rings is 3. The summed E-state index contributed by atoms with van der Waals surface area (Å²) in [4.78, 5) is 41.0. The van der Waals surface area contributed by atoms with Crippen LogP contribution < -0.4 is 10.2 Å². The van der Waals surface area contributed by atoms with Gasteiger partial charge in [0.2, 0.25) is 5.91 Å². The summed E-state index contributed by atoms with van der Waals surface area (Å²) >= 11 is 6.11. The molecule has 2 saturated heterocycles. The SMILES string of the molecule is O=C(NC1CCN(C(=O)O)CC1)C1CCN(c2nc(-c3ccnc(Cl)c3)cc3cnccc23)CC1. The van der Waals surface area contributed by atoms with E-state index in [9.17, 15) is 9.59 Å². The molecular weight excluding hydrogens is 468 g/mol. The molecule has 2 aliphatic rings. The third-order valence-corrected chi connectivity index (χ3v) is 7.12. The number of hydrogen-bond acceptors (Lipinski definition) is 6. The Bertz CT molecular complexity index is 1240. The van der Waals surface area contributed by atoms with Gasteiger partial charge in [-0.2, -0.15) is 0 Å². The van der Waals surface area contributed by atoms with Crippen molar-refractivity contribution in [2.24, 2.45) is 5.92 Å². The number of carboxylic acid groups (broad SMARTS) is 1. The largest absolute Gasteiger partial charge is 0.465 e. The number of aromatic nitrogens is 3. The maximum Gasteiger partial charge on any atom is 0.407 e. The minimum atomic E-state index is -0.893. The molecule has 3 aromatic heterocycles. The van der Waals surface area contributed by atoms with Gasteiger partial charge in [-0.3, -0.25) is 9.78 Å². The van der Waals surface area contributed by atoms with Crippen LogP contribution in [-0.2, 0) is 4.79 Å². The number of rotatable bonds is 4. The van der Waals surface area contributed by atoms with Crippen molar-refractivity contribution in [3.05, 3.63) is 48.0 Å². The minimum Gasteiger partial charge on any atom is -0.465 e. The number of carbonyl (C=O) groups is 2. The van der Waals surface area contributed by atoms with Crippen LogP contribution in [0.25, 0.3) is 22.0 Å². The van der Waals surface area contributed by atoms with E-state index in [1.165, 1.54) is 4.90 Å². The lowest BCUT2D eigenvalue weighted by Gasteiger charge is -2.35. The van der Waals surface area contributed by atoms with Gasteiger partial charge < -0.3 is 20.2 Å². The van der Waals surface area contributed by atoms with E-state index in [-0.39, 0.29) is 17.9 Å². The Morgan fingerprint density at radius 1 is 1.03 bits per heavy atom. The average Bonchev–Trinajstić information content (AvgIpc) is 2.88. The van der Waals surface area contributed by atoms with E-state index in [0.717, 1.165) is 53.8 Å². The number of anilines is 1. The lowest BCUT2D eigenvalue weighted by atomic mass is 9.94. The Balaban J connectivity index is 1.27. The highest BCUT2D eigenvalue weighted by molar-refractivity contribution is 6.29. The van der Waals surface area contributed by atoms with E-state index in [4.69, 9.17) is 21.7 Å². The lowest BCUT2D eigenvalue weighted by molar-refractivity contribution is -0.126. The molecule has 0 aliphatic carbocycles. The van der Waals surface area contributed by atoms with Crippen LogP contribution in [-0.4, -0.2) is 69.2 Å². The standard InChI is InChI=1S/C25H27ClN6O3/c26-22-14-17(1-8-28-22)21-13-18-15-27-7-2-20(18)23(30-21)31-9-3-16(4-10-31)24(33)29-19-5-11-32(12-6-19)25(34)35/h1-2,7-8,13-16,19H,3-6,9-12H2,(H,29,33)(H,34,35). The Morgan fingerprint density at radius 2 is 1.80 bits per heavy atom. The molecule has 2 amide bonds. The summed E-state index contributed by atoms with van der Waals surface area (Å²) in [6.07, 6.45) is 7.17. The van der Waals surface area contributed by atoms with Gasteiger partial charge in [0.25, 0.3) is 0 Å². The van der Waals surface area contributed by atoms with Crippen molar-refractivity contribution >= 4 is 40.2 Å². The van der Waals surface area contributed by atoms with Crippen LogP contribution in [0.15, 0.2) is 42.9 Å². The van der Waals surface area contributed by atoms with Crippen molar-refractivity contribution in [1.29, 1.82) is 0 Å². The quantitative estimate of drug-likeness (QED) is 0.530. The number of likely N-dealkylation sites (tertiary alicyclic amines) is 1. The number of fused-ring (bicyclic) bond motifs is 1. The first-order valence-electron chi connectivity index (χ1n) is 11.9. The highest BCUT2D eigenvalue weighted by Crippen LogP contribution is 2.32. The van der Waals surface area contributed by atoms with Crippen molar-refractivity contribution in [3.8, 4) is 11.3 Å². The monoisotopic (exact) mass is 494 g/mol. The fourth-order valence-corrected chi connectivity index (χ4v) is 5.09. The molecule has 0 radical (unpaired) electrons. The molecule has 2 aliphatic heterocycles. The van der Waals surface area contributed by atoms with Gasteiger partial charge in [-0.05, 0) is 49.9 Å². The molecule has 10 heteroatoms. The molecule has 5 heterocycles. The van der Waals surface area contributed by atoms with E-state index in [1.807, 2.05) is 24.4 Å². The zero-order valence-corrected chi connectivity index (χ0v) is 20.0. The Morgan fingerprint density at radius 3 is 2.51 bits per heavy atom. The summed E-state index contributed by atoms with van der Waals surface area (Å²) in [5, 5.41) is 14.7. The van der Waals surface area contributed by atoms with Gasteiger partial charge in [0.05, 0.1) is 5.69 Å². The van der Waals surface area contributed by atoms with E-state index in [0.29, 0.717) is 31.1 Å². The van der Waals surface area contributed by atoms with Crippen LogP contribution in [0.4, 0.5) is 10.6 Å². The highest BCUT2D eigenvalue weighted by Gasteiger charge is 2.30. The number of halogens is 1. The lowest BCUT2D eigenvalue weighted by Crippen LogP contribution is -2.49. The summed E-state index contributed by atoms with van der Waals surface area (Å²) in [6, 6.07) is 7.71. The third-order valence-electron chi connectivity index (χ3n) is 6.91. The zero-order chi connectivity index (χ0) is 24.4. The van der Waals surface area contributed by atoms with Gasteiger partial charge in [0, 0.05) is 73.1 Å². The highest BCUT2D eigenvalue weighted by atomic mass is 35.5. The summed E-state index contributed by atoms with van der Waals surface area (Å²) in [6.45, 7) is 2.37. The molecule has 9 nitrogen and oxygen atoms in total. The number of carbonyl (C=O) groups excluding carboxylic acids is 1. The summed E-state index contributed by atoms with van der Waals surface area (Å²) in [7, 11) is 0. The number of amides is 2. The molecule has 0 spiro atoms. The zero-order valence-electron chi connectivity index (χ0n) is 19.2. The summed E-state index contributed by atoms with van der Waals surface area (Å²) < 4.78 is 0. The second-order valence-corrected chi connectivity index (χ2v) is 9.50. The van der Waals surface area contributed by atoms with Crippen LogP contribution in [0.2, 0.25) is 5.15 Å². The first-order valence-corrected chi connectivity index (χ1v) is 12.3. The van der Waals surface area contributed by atoms with Gasteiger partial charge in [0.15, 0.2) is 0 Å². The molecular formula is C25H27ClN6O3. The maximum absolute atomic E-state index is 12.9. The van der Waals surface area contributed by atoms with E-state index < -0.39 is 6.09 Å². The first kappa shape index (κ1) is 23.3. The number of piperidine rings is 2. The van der Waals surface area contributed by atoms with E-state index >= 15 is 0 Å². The van der Waals surface area contributed by atoms with Gasteiger partial charge in [0.1, 0.15) is 11.0 Å². The number of hydrogen-bond donors (Lipinski definition) is 2. The number of nitrogens with zero attached hydrogens (tertiary/aromatic N) is 5. The van der Waals surface area contributed by atoms with Crippen LogP contribution >= 0.6 is 11.6 Å². The van der Waals surface area contributed by atoms with Crippen LogP contribution in [0.5, 0.6) is 0 Å². The molecule has 2 fully saturated rings. The van der Waals surface area contributed by atoms with E-state index in [2.05, 4.69) is 20.2 Å². The van der Waals surface area contributed by atoms with Crippen LogP contribution in [0.1, 0.15) is 25.7 Å². The molecule has 0 atom stereocenters. The third kappa shape index (κ3) is 5.14. The topological polar surface area (TPSA) is 112 Å². The maximum atomic E-state index is 12.9. The molecule has 0 bridgehead atoms. The Kier molecular flexibility index (Phi) is 6.68. The molecule has 35 heavy (non-hydrogen) atoms. The average molecular weight is 495 g/mol. The van der Waals surface area contributed by atoms with Gasteiger partial charge in [-0.25, -0.2) is 14.8 Å². The smallest absolute Gasteiger partial charge is 0.407 e. The van der Waals surface area contributed by atoms with E-state index in [1.54, 1.807) is 18.5 Å². The predicted octanol–water partition coefficient (Wildman–Crippen LogP) is 3.82. The van der Waals surface area contributed by atoms with Crippen LogP contribution in [0, 0.1) is 5.92 Å². The fourth-order valence-electron chi connectivity index (χ4n) is 4.92. The molecule has 3 aromatic rings. The number of nitrogens with one attached hydrogen (secondary N) is 1. The van der Waals surface area contributed by atoms with Crippen molar-refractivity contribution < 1.29 is 14.7 Å². The minimum absolute atomic E-state index is 0.0399. The Labute approximate surface area is 208 Å².